The number of hydrogen-bond donors (Lipinski definition) is 1. The summed E-state index contributed by atoms with van der Waals surface area (Å²) in [6.45, 7) is 12.8. The Hall–Kier alpha value is -0.610. The number of amides is 1. The highest BCUT2D eigenvalue weighted by Gasteiger charge is 2.58. The molecule has 2 saturated heterocycles. The Kier molecular flexibility index (Phi) is 8.61. The van der Waals surface area contributed by atoms with Gasteiger partial charge >= 0.3 is 0 Å². The predicted octanol–water partition coefficient (Wildman–Crippen LogP) is 2.01. The number of ether oxygens (including phenoxy) is 1. The number of hydrogen-bond acceptors (Lipinski definition) is 4. The number of nitrogens with one attached hydrogen (secondary N) is 1. The molecule has 1 saturated carbocycles. The molecule has 1 aliphatic carbocycles. The monoisotopic (exact) mass is 521 g/mol. The molecular formula is C21H40IN5O2. The number of rotatable bonds is 4. The van der Waals surface area contributed by atoms with Crippen molar-refractivity contribution in [1.29, 1.82) is 0 Å². The zero-order chi connectivity index (χ0) is 20.4. The minimum Gasteiger partial charge on any atom is -0.378 e. The maximum Gasteiger partial charge on any atom is 0.236 e. The van der Waals surface area contributed by atoms with E-state index in [0.29, 0.717) is 18.5 Å². The zero-order valence-corrected chi connectivity index (χ0v) is 21.2. The van der Waals surface area contributed by atoms with E-state index in [2.05, 4.69) is 40.9 Å². The molecular weight excluding hydrogens is 481 g/mol. The molecule has 3 rings (SSSR count). The fourth-order valence-electron chi connectivity index (χ4n) is 4.73. The van der Waals surface area contributed by atoms with Gasteiger partial charge < -0.3 is 19.9 Å². The Bertz CT molecular complexity index is 586. The molecule has 2 unspecified atom stereocenters. The standard InChI is InChI=1S/C21H39N5O2.HI/c1-20(2)17(15-21(20,3)28-5)23-19(22-4)26-13-11-24(12-14-26)16-18(27)25-9-7-6-8-10-25;/h17H,6-16H2,1-5H3,(H,22,23);1H. The molecule has 3 aliphatic rings. The van der Waals surface area contributed by atoms with E-state index in [-0.39, 0.29) is 35.0 Å². The number of piperidine rings is 1. The van der Waals surface area contributed by atoms with E-state index in [4.69, 9.17) is 4.74 Å². The van der Waals surface area contributed by atoms with Gasteiger partial charge in [-0.1, -0.05) is 13.8 Å². The number of halogens is 1. The van der Waals surface area contributed by atoms with Gasteiger partial charge in [-0.3, -0.25) is 14.7 Å². The van der Waals surface area contributed by atoms with Crippen LogP contribution in [0.1, 0.15) is 46.5 Å². The van der Waals surface area contributed by atoms with Gasteiger partial charge in [-0.05, 0) is 32.6 Å². The first kappa shape index (κ1) is 24.7. The molecule has 0 aromatic rings. The van der Waals surface area contributed by atoms with Crippen LogP contribution in [0.5, 0.6) is 0 Å². The van der Waals surface area contributed by atoms with Crippen LogP contribution >= 0.6 is 24.0 Å². The number of piperazine rings is 1. The molecule has 0 aromatic heterocycles. The van der Waals surface area contributed by atoms with Crippen molar-refractivity contribution >= 4 is 35.8 Å². The smallest absolute Gasteiger partial charge is 0.236 e. The van der Waals surface area contributed by atoms with Gasteiger partial charge in [0.05, 0.1) is 12.1 Å². The molecule has 168 valence electrons. The van der Waals surface area contributed by atoms with Crippen molar-refractivity contribution in [2.75, 3.05) is 60.0 Å². The molecule has 2 atom stereocenters. The summed E-state index contributed by atoms with van der Waals surface area (Å²) in [7, 11) is 3.66. The summed E-state index contributed by atoms with van der Waals surface area (Å²) in [5.74, 6) is 1.27. The first-order chi connectivity index (χ1) is 13.3. The van der Waals surface area contributed by atoms with Crippen molar-refractivity contribution in [2.45, 2.75) is 58.1 Å². The molecule has 8 heteroatoms. The van der Waals surface area contributed by atoms with Gasteiger partial charge in [0.1, 0.15) is 0 Å². The second-order valence-corrected chi connectivity index (χ2v) is 9.31. The van der Waals surface area contributed by atoms with E-state index in [9.17, 15) is 4.79 Å². The van der Waals surface area contributed by atoms with Crippen molar-refractivity contribution in [1.82, 2.24) is 20.0 Å². The summed E-state index contributed by atoms with van der Waals surface area (Å²) in [6.07, 6.45) is 4.55. The summed E-state index contributed by atoms with van der Waals surface area (Å²) >= 11 is 0. The third-order valence-electron chi connectivity index (χ3n) is 7.53. The molecule has 3 fully saturated rings. The minimum absolute atomic E-state index is 0. The molecule has 2 heterocycles. The highest BCUT2D eigenvalue weighted by atomic mass is 127. The minimum atomic E-state index is -0.0863. The lowest BCUT2D eigenvalue weighted by atomic mass is 9.56. The average Bonchev–Trinajstić information content (AvgIpc) is 2.72. The van der Waals surface area contributed by atoms with Crippen LogP contribution in [0, 0.1) is 5.41 Å². The average molecular weight is 521 g/mol. The Balaban J connectivity index is 0.00000300. The normalized spacial score (nSPS) is 30.4. The maximum absolute atomic E-state index is 12.5. The molecule has 1 N–H and O–H groups in total. The molecule has 0 bridgehead atoms. The van der Waals surface area contributed by atoms with E-state index < -0.39 is 0 Å². The Morgan fingerprint density at radius 1 is 1.03 bits per heavy atom. The van der Waals surface area contributed by atoms with Gasteiger partial charge in [0.15, 0.2) is 5.96 Å². The third-order valence-corrected chi connectivity index (χ3v) is 7.53. The summed E-state index contributed by atoms with van der Waals surface area (Å²) in [5, 5.41) is 3.66. The first-order valence-corrected chi connectivity index (χ1v) is 10.8. The maximum atomic E-state index is 12.5. The van der Waals surface area contributed by atoms with E-state index in [1.54, 1.807) is 7.11 Å². The molecule has 2 aliphatic heterocycles. The lowest BCUT2D eigenvalue weighted by molar-refractivity contribution is -0.177. The molecule has 0 spiro atoms. The Morgan fingerprint density at radius 3 is 2.17 bits per heavy atom. The zero-order valence-electron chi connectivity index (χ0n) is 18.9. The van der Waals surface area contributed by atoms with Crippen LogP contribution in [0.2, 0.25) is 0 Å². The largest absolute Gasteiger partial charge is 0.378 e. The van der Waals surface area contributed by atoms with Crippen LogP contribution in [0.25, 0.3) is 0 Å². The van der Waals surface area contributed by atoms with Gasteiger partial charge in [-0.25, -0.2) is 0 Å². The van der Waals surface area contributed by atoms with Crippen molar-refractivity contribution in [2.24, 2.45) is 10.4 Å². The van der Waals surface area contributed by atoms with E-state index in [0.717, 1.165) is 64.5 Å². The molecule has 1 amide bonds. The van der Waals surface area contributed by atoms with Crippen molar-refractivity contribution in [3.63, 3.8) is 0 Å². The quantitative estimate of drug-likeness (QED) is 0.349. The highest BCUT2D eigenvalue weighted by Crippen LogP contribution is 2.51. The summed E-state index contributed by atoms with van der Waals surface area (Å²) in [4.78, 5) is 23.7. The van der Waals surface area contributed by atoms with Crippen LogP contribution in [0.15, 0.2) is 4.99 Å². The topological polar surface area (TPSA) is 60.4 Å². The first-order valence-electron chi connectivity index (χ1n) is 10.8. The van der Waals surface area contributed by atoms with E-state index >= 15 is 0 Å². The van der Waals surface area contributed by atoms with E-state index in [1.807, 2.05) is 11.9 Å². The number of carbonyl (C=O) groups is 1. The van der Waals surface area contributed by atoms with Gasteiger partial charge in [-0.15, -0.1) is 24.0 Å². The number of guanidine groups is 1. The summed E-state index contributed by atoms with van der Waals surface area (Å²) in [6, 6.07) is 0.356. The molecule has 7 nitrogen and oxygen atoms in total. The van der Waals surface area contributed by atoms with Gasteiger partial charge in [0, 0.05) is 64.9 Å². The highest BCUT2D eigenvalue weighted by molar-refractivity contribution is 14.0. The lowest BCUT2D eigenvalue weighted by Gasteiger charge is -2.59. The van der Waals surface area contributed by atoms with Crippen molar-refractivity contribution in [3.05, 3.63) is 0 Å². The number of aliphatic imine (C=N–C) groups is 1. The van der Waals surface area contributed by atoms with Crippen LogP contribution in [-0.2, 0) is 9.53 Å². The lowest BCUT2D eigenvalue weighted by Crippen LogP contribution is -2.70. The molecule has 29 heavy (non-hydrogen) atoms. The van der Waals surface area contributed by atoms with Gasteiger partial charge in [0.2, 0.25) is 5.91 Å². The number of likely N-dealkylation sites (tertiary alicyclic amines) is 1. The number of carbonyl (C=O) groups excluding carboxylic acids is 1. The SMILES string of the molecule is CN=C(NC1CC(C)(OC)C1(C)C)N1CCN(CC(=O)N2CCCCC2)CC1.I. The summed E-state index contributed by atoms with van der Waals surface area (Å²) in [5.41, 5.74) is -0.0304. The second-order valence-electron chi connectivity index (χ2n) is 9.31. The van der Waals surface area contributed by atoms with Crippen LogP contribution in [0.4, 0.5) is 0 Å². The van der Waals surface area contributed by atoms with Crippen LogP contribution < -0.4 is 5.32 Å². The number of methoxy groups -OCH3 is 1. The van der Waals surface area contributed by atoms with E-state index in [1.165, 1.54) is 6.42 Å². The van der Waals surface area contributed by atoms with Gasteiger partial charge in [0.25, 0.3) is 0 Å². The second kappa shape index (κ2) is 10.1. The van der Waals surface area contributed by atoms with Crippen LogP contribution in [0.3, 0.4) is 0 Å². The van der Waals surface area contributed by atoms with Gasteiger partial charge in [-0.2, -0.15) is 0 Å². The van der Waals surface area contributed by atoms with Crippen molar-refractivity contribution < 1.29 is 9.53 Å². The predicted molar refractivity (Wildman–Crippen MR) is 128 cm³/mol. The Morgan fingerprint density at radius 2 is 1.66 bits per heavy atom. The summed E-state index contributed by atoms with van der Waals surface area (Å²) < 4.78 is 5.74. The molecule has 0 aromatic carbocycles. The fourth-order valence-corrected chi connectivity index (χ4v) is 4.73. The third kappa shape index (κ3) is 5.18. The molecule has 0 radical (unpaired) electrons. The fraction of sp³-hybridized carbons (Fsp3) is 0.905. The van der Waals surface area contributed by atoms with Crippen molar-refractivity contribution in [3.8, 4) is 0 Å². The number of nitrogens with zero attached hydrogens (tertiary/aromatic N) is 4. The Labute approximate surface area is 193 Å². The van der Waals surface area contributed by atoms with Crippen LogP contribution in [-0.4, -0.2) is 98.2 Å².